The van der Waals surface area contributed by atoms with E-state index in [1.165, 1.54) is 38.5 Å². The van der Waals surface area contributed by atoms with E-state index in [1.807, 2.05) is 0 Å². The molecule has 0 saturated carbocycles. The molecule has 0 saturated heterocycles. The van der Waals surface area contributed by atoms with Gasteiger partial charge in [0.1, 0.15) is 12.0 Å². The molecule has 26 heavy (non-hydrogen) atoms. The second-order valence-electron chi connectivity index (χ2n) is 7.01. The maximum atomic E-state index is 11.7. The number of aliphatic hydroxyl groups excluding tert-OH is 2. The van der Waals surface area contributed by atoms with Crippen LogP contribution >= 0.6 is 0 Å². The first-order valence-electron chi connectivity index (χ1n) is 10.2. The molecule has 0 amide bonds. The van der Waals surface area contributed by atoms with Gasteiger partial charge in [0, 0.05) is 0 Å². The molecule has 0 aliphatic heterocycles. The molecule has 0 heterocycles. The maximum absolute atomic E-state index is 11.7. The topological polar surface area (TPSA) is 94.8 Å². The zero-order valence-electron chi connectivity index (χ0n) is 16.4. The lowest BCUT2D eigenvalue weighted by molar-refractivity contribution is -0.150. The SMILES string of the molecule is CCCCCCCC/C=C\CCCCCCC(C(=O)O)C(=O)C(O)CO. The summed E-state index contributed by atoms with van der Waals surface area (Å²) in [7, 11) is 0. The van der Waals surface area contributed by atoms with Gasteiger partial charge in [0.25, 0.3) is 0 Å². The van der Waals surface area contributed by atoms with Gasteiger partial charge in [0.05, 0.1) is 6.61 Å². The van der Waals surface area contributed by atoms with Crippen LogP contribution in [0, 0.1) is 5.92 Å². The van der Waals surface area contributed by atoms with Gasteiger partial charge in [-0.1, -0.05) is 70.4 Å². The van der Waals surface area contributed by atoms with Gasteiger partial charge in [-0.25, -0.2) is 0 Å². The molecule has 0 aromatic rings. The third-order valence-electron chi connectivity index (χ3n) is 4.65. The van der Waals surface area contributed by atoms with Crippen LogP contribution in [0.25, 0.3) is 0 Å². The quantitative estimate of drug-likeness (QED) is 0.190. The molecule has 2 unspecified atom stereocenters. The number of hydrogen-bond acceptors (Lipinski definition) is 4. The van der Waals surface area contributed by atoms with Gasteiger partial charge in [0.15, 0.2) is 5.78 Å². The minimum Gasteiger partial charge on any atom is -0.481 e. The van der Waals surface area contributed by atoms with Crippen molar-refractivity contribution in [2.24, 2.45) is 5.92 Å². The summed E-state index contributed by atoms with van der Waals surface area (Å²) in [6.45, 7) is 1.50. The molecule has 3 N–H and O–H groups in total. The molecule has 0 aromatic carbocycles. The lowest BCUT2D eigenvalue weighted by atomic mass is 9.93. The van der Waals surface area contributed by atoms with Crippen molar-refractivity contribution in [1.29, 1.82) is 0 Å². The standard InChI is InChI=1S/C21H38O5/c1-2-3-4-5-6-7-8-9-10-11-12-13-14-15-16-18(21(25)26)20(24)19(23)17-22/h9-10,18-19,22-23H,2-8,11-17H2,1H3,(H,25,26)/b10-9-. The van der Waals surface area contributed by atoms with Crippen molar-refractivity contribution in [1.82, 2.24) is 0 Å². The Balaban J connectivity index is 3.63. The van der Waals surface area contributed by atoms with Crippen molar-refractivity contribution in [3.8, 4) is 0 Å². The Bertz CT molecular complexity index is 392. The summed E-state index contributed by atoms with van der Waals surface area (Å²) in [6, 6.07) is 0. The number of hydrogen-bond donors (Lipinski definition) is 3. The first-order chi connectivity index (χ1) is 12.5. The van der Waals surface area contributed by atoms with Gasteiger partial charge >= 0.3 is 5.97 Å². The third-order valence-corrected chi connectivity index (χ3v) is 4.65. The number of ketones is 1. The number of carbonyl (C=O) groups is 2. The Kier molecular flexibility index (Phi) is 16.4. The smallest absolute Gasteiger partial charge is 0.314 e. The molecule has 0 spiro atoms. The fraction of sp³-hybridized carbons (Fsp3) is 0.810. The van der Waals surface area contributed by atoms with Crippen molar-refractivity contribution >= 4 is 11.8 Å². The minimum absolute atomic E-state index is 0.221. The van der Waals surface area contributed by atoms with Crippen LogP contribution in [0.15, 0.2) is 12.2 Å². The molecule has 0 aliphatic rings. The van der Waals surface area contributed by atoms with E-state index in [4.69, 9.17) is 10.2 Å². The lowest BCUT2D eigenvalue weighted by Crippen LogP contribution is -2.35. The lowest BCUT2D eigenvalue weighted by Gasteiger charge is -2.14. The number of Topliss-reactive ketones (excluding diaryl/α,β-unsaturated/α-hetero) is 1. The fourth-order valence-corrected chi connectivity index (χ4v) is 2.95. The molecular weight excluding hydrogens is 332 g/mol. The molecule has 152 valence electrons. The van der Waals surface area contributed by atoms with Crippen molar-refractivity contribution < 1.29 is 24.9 Å². The second-order valence-corrected chi connectivity index (χ2v) is 7.01. The summed E-state index contributed by atoms with van der Waals surface area (Å²) >= 11 is 0. The minimum atomic E-state index is -1.59. The van der Waals surface area contributed by atoms with Crippen molar-refractivity contribution in [2.45, 2.75) is 96.5 Å². The molecule has 0 aromatic heterocycles. The first kappa shape index (κ1) is 24.8. The zero-order valence-corrected chi connectivity index (χ0v) is 16.4. The van der Waals surface area contributed by atoms with E-state index in [0.717, 1.165) is 32.1 Å². The highest BCUT2D eigenvalue weighted by molar-refractivity contribution is 6.00. The number of carboxylic acid groups (broad SMARTS) is 1. The summed E-state index contributed by atoms with van der Waals surface area (Å²) in [5, 5.41) is 27.1. The Hall–Kier alpha value is -1.20. The molecule has 0 bridgehead atoms. The van der Waals surface area contributed by atoms with Gasteiger partial charge in [0.2, 0.25) is 0 Å². The predicted molar refractivity (Wildman–Crippen MR) is 104 cm³/mol. The van der Waals surface area contributed by atoms with Gasteiger partial charge < -0.3 is 15.3 Å². The summed E-state index contributed by atoms with van der Waals surface area (Å²) in [5.74, 6) is -3.23. The Morgan fingerprint density at radius 3 is 1.85 bits per heavy atom. The van der Waals surface area contributed by atoms with Gasteiger partial charge in [-0.2, -0.15) is 0 Å². The van der Waals surface area contributed by atoms with E-state index >= 15 is 0 Å². The number of aliphatic carboxylic acids is 1. The van der Waals surface area contributed by atoms with E-state index in [1.54, 1.807) is 0 Å². The van der Waals surface area contributed by atoms with Crippen molar-refractivity contribution in [3.05, 3.63) is 12.2 Å². The molecule has 2 atom stereocenters. The van der Waals surface area contributed by atoms with Crippen LogP contribution in [-0.2, 0) is 9.59 Å². The average molecular weight is 371 g/mol. The monoisotopic (exact) mass is 370 g/mol. The molecule has 0 aliphatic carbocycles. The summed E-state index contributed by atoms with van der Waals surface area (Å²) in [4.78, 5) is 22.8. The Morgan fingerprint density at radius 2 is 1.35 bits per heavy atom. The van der Waals surface area contributed by atoms with Crippen LogP contribution in [0.5, 0.6) is 0 Å². The Morgan fingerprint density at radius 1 is 0.846 bits per heavy atom. The van der Waals surface area contributed by atoms with Gasteiger partial charge in [-0.15, -0.1) is 0 Å². The number of unbranched alkanes of at least 4 members (excludes halogenated alkanes) is 10. The van der Waals surface area contributed by atoms with Crippen LogP contribution in [0.3, 0.4) is 0 Å². The van der Waals surface area contributed by atoms with Crippen LogP contribution in [-0.4, -0.2) is 39.8 Å². The molecule has 0 rings (SSSR count). The largest absolute Gasteiger partial charge is 0.481 e. The summed E-state index contributed by atoms with van der Waals surface area (Å²) in [6.07, 6.45) is 16.8. The Labute approximate surface area is 158 Å². The number of carboxylic acids is 1. The maximum Gasteiger partial charge on any atom is 0.314 e. The van der Waals surface area contributed by atoms with E-state index in [0.29, 0.717) is 6.42 Å². The number of allylic oxidation sites excluding steroid dienone is 2. The average Bonchev–Trinajstić information content (AvgIpc) is 2.63. The summed E-state index contributed by atoms with van der Waals surface area (Å²) < 4.78 is 0. The molecule has 0 fully saturated rings. The van der Waals surface area contributed by atoms with Crippen LogP contribution in [0.2, 0.25) is 0 Å². The van der Waals surface area contributed by atoms with E-state index in [-0.39, 0.29) is 6.42 Å². The first-order valence-corrected chi connectivity index (χ1v) is 10.2. The number of rotatable bonds is 18. The van der Waals surface area contributed by atoms with Gasteiger partial charge in [-0.05, 0) is 32.1 Å². The van der Waals surface area contributed by atoms with Crippen LogP contribution < -0.4 is 0 Å². The van der Waals surface area contributed by atoms with E-state index in [2.05, 4.69) is 19.1 Å². The molecular formula is C21H38O5. The van der Waals surface area contributed by atoms with Gasteiger partial charge in [-0.3, -0.25) is 9.59 Å². The normalized spacial score (nSPS) is 13.8. The third kappa shape index (κ3) is 13.1. The highest BCUT2D eigenvalue weighted by Crippen LogP contribution is 2.15. The van der Waals surface area contributed by atoms with Crippen LogP contribution in [0.1, 0.15) is 90.4 Å². The molecule has 0 radical (unpaired) electrons. The van der Waals surface area contributed by atoms with Crippen molar-refractivity contribution in [2.75, 3.05) is 6.61 Å². The number of aliphatic hydroxyl groups is 2. The zero-order chi connectivity index (χ0) is 19.6. The summed E-state index contributed by atoms with van der Waals surface area (Å²) in [5.41, 5.74) is 0. The van der Waals surface area contributed by atoms with Crippen LogP contribution in [0.4, 0.5) is 0 Å². The fourth-order valence-electron chi connectivity index (χ4n) is 2.95. The highest BCUT2D eigenvalue weighted by Gasteiger charge is 2.30. The van der Waals surface area contributed by atoms with E-state index in [9.17, 15) is 14.7 Å². The second kappa shape index (κ2) is 17.2. The molecule has 5 heteroatoms. The molecule has 5 nitrogen and oxygen atoms in total. The van der Waals surface area contributed by atoms with Crippen molar-refractivity contribution in [3.63, 3.8) is 0 Å². The number of carbonyl (C=O) groups excluding carboxylic acids is 1. The highest BCUT2D eigenvalue weighted by atomic mass is 16.4. The van der Waals surface area contributed by atoms with E-state index < -0.39 is 30.4 Å². The predicted octanol–water partition coefficient (Wildman–Crippen LogP) is 4.26.